The van der Waals surface area contributed by atoms with E-state index in [2.05, 4.69) is 34.1 Å². The average Bonchev–Trinajstić information content (AvgIpc) is 3.38. The van der Waals surface area contributed by atoms with Crippen molar-refractivity contribution in [3.05, 3.63) is 48.0 Å². The first-order chi connectivity index (χ1) is 16.6. The van der Waals surface area contributed by atoms with E-state index in [0.29, 0.717) is 60.9 Å². The van der Waals surface area contributed by atoms with Crippen LogP contribution < -0.4 is 20.1 Å². The van der Waals surface area contributed by atoms with Gasteiger partial charge >= 0.3 is 0 Å². The fourth-order valence-corrected chi connectivity index (χ4v) is 5.32. The number of carbonyl (C=O) groups is 1. The Morgan fingerprint density at radius 2 is 1.68 bits per heavy atom. The van der Waals surface area contributed by atoms with Crippen LogP contribution in [0.5, 0.6) is 11.5 Å². The minimum Gasteiger partial charge on any atom is -0.493 e. The molecule has 1 aliphatic carbocycles. The third kappa shape index (κ3) is 4.08. The van der Waals surface area contributed by atoms with Gasteiger partial charge in [0.1, 0.15) is 5.82 Å². The van der Waals surface area contributed by atoms with Gasteiger partial charge in [-0.2, -0.15) is 4.98 Å². The lowest BCUT2D eigenvalue weighted by molar-refractivity contribution is -0.136. The van der Waals surface area contributed by atoms with Crippen LogP contribution in [0, 0.1) is 5.92 Å². The van der Waals surface area contributed by atoms with Crippen LogP contribution in [0.25, 0.3) is 10.9 Å². The van der Waals surface area contributed by atoms with Gasteiger partial charge in [0.15, 0.2) is 11.5 Å². The Kier molecular flexibility index (Phi) is 6.13. The van der Waals surface area contributed by atoms with Crippen LogP contribution in [0.4, 0.5) is 11.8 Å². The van der Waals surface area contributed by atoms with Crippen molar-refractivity contribution in [2.24, 2.45) is 5.92 Å². The molecule has 8 heteroatoms. The molecule has 5 rings (SSSR count). The van der Waals surface area contributed by atoms with Crippen LogP contribution in [0.3, 0.4) is 0 Å². The van der Waals surface area contributed by atoms with Gasteiger partial charge in [-0.05, 0) is 30.4 Å². The van der Waals surface area contributed by atoms with Crippen molar-refractivity contribution in [3.8, 4) is 11.5 Å². The molecule has 1 aliphatic heterocycles. The Labute approximate surface area is 199 Å². The normalized spacial score (nSPS) is 20.5. The van der Waals surface area contributed by atoms with Gasteiger partial charge in [0.2, 0.25) is 11.9 Å². The Balaban J connectivity index is 1.30. The van der Waals surface area contributed by atoms with Crippen LogP contribution in [0.1, 0.15) is 30.7 Å². The van der Waals surface area contributed by atoms with Gasteiger partial charge in [-0.3, -0.25) is 4.79 Å². The molecule has 2 fully saturated rings. The van der Waals surface area contributed by atoms with Gasteiger partial charge in [0.05, 0.1) is 19.7 Å². The zero-order valence-corrected chi connectivity index (χ0v) is 19.7. The van der Waals surface area contributed by atoms with E-state index in [9.17, 15) is 4.79 Å². The molecule has 34 heavy (non-hydrogen) atoms. The number of nitrogen functional groups attached to an aromatic ring is 1. The van der Waals surface area contributed by atoms with Crippen molar-refractivity contribution in [1.29, 1.82) is 0 Å². The van der Waals surface area contributed by atoms with Crippen molar-refractivity contribution < 1.29 is 14.3 Å². The molecule has 2 aliphatic rings. The number of nitrogens with two attached hydrogens (primary N) is 1. The molecule has 0 bridgehead atoms. The molecular weight excluding hydrogens is 430 g/mol. The second-order valence-corrected chi connectivity index (χ2v) is 9.00. The largest absolute Gasteiger partial charge is 0.493 e. The fraction of sp³-hybridized carbons (Fsp3) is 0.423. The highest BCUT2D eigenvalue weighted by molar-refractivity contribution is 5.91. The van der Waals surface area contributed by atoms with E-state index in [-0.39, 0.29) is 11.8 Å². The predicted molar refractivity (Wildman–Crippen MR) is 132 cm³/mol. The highest BCUT2D eigenvalue weighted by atomic mass is 16.5. The van der Waals surface area contributed by atoms with Crippen LogP contribution in [0.2, 0.25) is 0 Å². The smallest absolute Gasteiger partial charge is 0.228 e. The molecular formula is C26H31N5O3. The molecule has 2 unspecified atom stereocenters. The molecule has 3 aromatic rings. The summed E-state index contributed by atoms with van der Waals surface area (Å²) in [6, 6.07) is 14.1. The van der Waals surface area contributed by atoms with Crippen LogP contribution in [0.15, 0.2) is 42.5 Å². The topological polar surface area (TPSA) is 93.8 Å². The van der Waals surface area contributed by atoms with Gasteiger partial charge in [-0.25, -0.2) is 4.98 Å². The number of aromatic nitrogens is 2. The number of hydrogen-bond donors (Lipinski definition) is 1. The monoisotopic (exact) mass is 461 g/mol. The van der Waals surface area contributed by atoms with Crippen LogP contribution in [-0.2, 0) is 4.79 Å². The lowest BCUT2D eigenvalue weighted by Crippen LogP contribution is -2.51. The van der Waals surface area contributed by atoms with Crippen molar-refractivity contribution in [1.82, 2.24) is 14.9 Å². The number of amides is 1. The molecule has 2 aromatic carbocycles. The number of piperazine rings is 1. The summed E-state index contributed by atoms with van der Waals surface area (Å²) < 4.78 is 10.8. The first-order valence-corrected chi connectivity index (χ1v) is 11.9. The Hall–Kier alpha value is -3.55. The van der Waals surface area contributed by atoms with E-state index in [0.717, 1.165) is 24.6 Å². The van der Waals surface area contributed by atoms with Crippen molar-refractivity contribution in [2.75, 3.05) is 51.0 Å². The van der Waals surface area contributed by atoms with Gasteiger partial charge in [-0.15, -0.1) is 0 Å². The number of carbonyl (C=O) groups excluding carboxylic acids is 1. The van der Waals surface area contributed by atoms with E-state index in [1.54, 1.807) is 20.3 Å². The lowest BCUT2D eigenvalue weighted by atomic mass is 9.88. The molecule has 1 aromatic heterocycles. The van der Waals surface area contributed by atoms with E-state index in [4.69, 9.17) is 20.2 Å². The molecule has 2 heterocycles. The molecule has 8 nitrogen and oxygen atoms in total. The summed E-state index contributed by atoms with van der Waals surface area (Å²) in [5, 5.41) is 0.725. The zero-order chi connectivity index (χ0) is 23.7. The molecule has 0 spiro atoms. The summed E-state index contributed by atoms with van der Waals surface area (Å²) in [7, 11) is 3.18. The number of rotatable bonds is 5. The molecule has 1 saturated carbocycles. The molecule has 2 atom stereocenters. The Morgan fingerprint density at radius 3 is 2.38 bits per heavy atom. The summed E-state index contributed by atoms with van der Waals surface area (Å²) in [4.78, 5) is 26.8. The minimum atomic E-state index is 0.0731. The quantitative estimate of drug-likeness (QED) is 0.622. The number of ether oxygens (including phenoxy) is 2. The fourth-order valence-electron chi connectivity index (χ4n) is 5.32. The van der Waals surface area contributed by atoms with Gasteiger partial charge in [0.25, 0.3) is 0 Å². The number of hydrogen-bond acceptors (Lipinski definition) is 7. The third-order valence-corrected chi connectivity index (χ3v) is 7.15. The average molecular weight is 462 g/mol. The zero-order valence-electron chi connectivity index (χ0n) is 19.7. The second-order valence-electron chi connectivity index (χ2n) is 9.00. The summed E-state index contributed by atoms with van der Waals surface area (Å²) in [6.45, 7) is 2.66. The lowest BCUT2D eigenvalue weighted by Gasteiger charge is -2.37. The van der Waals surface area contributed by atoms with Crippen molar-refractivity contribution in [2.45, 2.75) is 25.2 Å². The maximum absolute atomic E-state index is 13.4. The van der Waals surface area contributed by atoms with E-state index < -0.39 is 0 Å². The number of nitrogens with zero attached hydrogens (tertiary/aromatic N) is 4. The Morgan fingerprint density at radius 1 is 0.971 bits per heavy atom. The van der Waals surface area contributed by atoms with E-state index >= 15 is 0 Å². The number of anilines is 2. The predicted octanol–water partition coefficient (Wildman–Crippen LogP) is 3.46. The highest BCUT2D eigenvalue weighted by Gasteiger charge is 2.37. The Bertz CT molecular complexity index is 1180. The molecule has 0 radical (unpaired) electrons. The highest BCUT2D eigenvalue weighted by Crippen LogP contribution is 2.41. The van der Waals surface area contributed by atoms with Gasteiger partial charge in [-0.1, -0.05) is 36.8 Å². The number of fused-ring (bicyclic) bond motifs is 1. The maximum Gasteiger partial charge on any atom is 0.228 e. The van der Waals surface area contributed by atoms with Gasteiger partial charge in [0, 0.05) is 43.5 Å². The first kappa shape index (κ1) is 22.3. The molecule has 1 amide bonds. The van der Waals surface area contributed by atoms with Crippen LogP contribution in [-0.4, -0.2) is 61.2 Å². The summed E-state index contributed by atoms with van der Waals surface area (Å²) >= 11 is 0. The summed E-state index contributed by atoms with van der Waals surface area (Å²) in [5.41, 5.74) is 8.25. The summed E-state index contributed by atoms with van der Waals surface area (Å²) in [6.07, 6.45) is 3.15. The van der Waals surface area contributed by atoms with Crippen molar-refractivity contribution in [3.63, 3.8) is 0 Å². The summed E-state index contributed by atoms with van der Waals surface area (Å²) in [5.74, 6) is 2.83. The number of benzene rings is 2. The van der Waals surface area contributed by atoms with E-state index in [1.807, 2.05) is 17.0 Å². The standard InChI is InChI=1S/C26H31N5O3/c1-33-22-15-20-21(16-23(22)34-2)28-26(29-24(20)27)31-13-11-30(12-14-31)25(32)19-10-6-9-18(19)17-7-4-3-5-8-17/h3-5,7-8,15-16,18-19H,6,9-14H2,1-2H3,(H2,27,28,29). The number of methoxy groups -OCH3 is 2. The first-order valence-electron chi connectivity index (χ1n) is 11.9. The molecule has 178 valence electrons. The molecule has 2 N–H and O–H groups in total. The SMILES string of the molecule is COc1cc2nc(N3CCN(C(=O)C4CCCC4c4ccccc4)CC3)nc(N)c2cc1OC. The molecule has 1 saturated heterocycles. The maximum atomic E-state index is 13.4. The van der Waals surface area contributed by atoms with Crippen molar-refractivity contribution >= 4 is 28.6 Å². The van der Waals surface area contributed by atoms with E-state index in [1.165, 1.54) is 5.56 Å². The minimum absolute atomic E-state index is 0.0731. The third-order valence-electron chi connectivity index (χ3n) is 7.15. The van der Waals surface area contributed by atoms with Crippen LogP contribution >= 0.6 is 0 Å². The van der Waals surface area contributed by atoms with Gasteiger partial charge < -0.3 is 25.0 Å². The second kappa shape index (κ2) is 9.37.